The monoisotopic (exact) mass is 264 g/mol. The fourth-order valence-corrected chi connectivity index (χ4v) is 2.28. The third-order valence-corrected chi connectivity index (χ3v) is 3.17. The van der Waals surface area contributed by atoms with E-state index in [0.717, 1.165) is 10.7 Å². The van der Waals surface area contributed by atoms with Gasteiger partial charge in [-0.1, -0.05) is 6.07 Å². The molecule has 2 aromatic heterocycles. The number of aryl methyl sites for hydroxylation is 1. The van der Waals surface area contributed by atoms with E-state index in [1.165, 1.54) is 0 Å². The number of imidazole rings is 1. The second-order valence-corrected chi connectivity index (χ2v) is 4.53. The predicted octanol–water partition coefficient (Wildman–Crippen LogP) is 1.20. The van der Waals surface area contributed by atoms with Crippen molar-refractivity contribution >= 4 is 23.3 Å². The summed E-state index contributed by atoms with van der Waals surface area (Å²) in [5.74, 6) is 0.421. The molecule has 0 saturated carbocycles. The number of nitrogens with two attached hydrogens (primary N) is 1. The summed E-state index contributed by atoms with van der Waals surface area (Å²) in [6.07, 6.45) is 3.66. The minimum atomic E-state index is -0.830. The molecule has 0 saturated heterocycles. The van der Waals surface area contributed by atoms with Crippen molar-refractivity contribution in [3.8, 4) is 10.7 Å². The molecule has 7 heteroatoms. The number of imide groups is 1. The lowest BCUT2D eigenvalue weighted by Crippen LogP contribution is -2.35. The summed E-state index contributed by atoms with van der Waals surface area (Å²) in [6.45, 7) is 0.451. The van der Waals surface area contributed by atoms with Crippen LogP contribution in [0.4, 0.5) is 4.79 Å². The molecule has 2 aromatic rings. The zero-order valence-corrected chi connectivity index (χ0v) is 10.3. The maximum Gasteiger partial charge on any atom is 0.318 e. The van der Waals surface area contributed by atoms with Crippen LogP contribution in [0.2, 0.25) is 0 Å². The molecule has 0 atom stereocenters. The van der Waals surface area contributed by atoms with Crippen molar-refractivity contribution in [1.29, 1.82) is 0 Å². The lowest BCUT2D eigenvalue weighted by Gasteiger charge is -2.05. The Morgan fingerprint density at radius 3 is 3.00 bits per heavy atom. The van der Waals surface area contributed by atoms with E-state index in [1.54, 1.807) is 23.7 Å². The molecule has 2 rings (SSSR count). The van der Waals surface area contributed by atoms with Gasteiger partial charge in [0.05, 0.1) is 4.88 Å². The molecule has 0 aliphatic rings. The maximum atomic E-state index is 11.3. The van der Waals surface area contributed by atoms with Gasteiger partial charge in [0.1, 0.15) is 5.82 Å². The van der Waals surface area contributed by atoms with Crippen LogP contribution >= 0.6 is 11.3 Å². The predicted molar refractivity (Wildman–Crippen MR) is 67.9 cm³/mol. The molecule has 0 unspecified atom stereocenters. The summed E-state index contributed by atoms with van der Waals surface area (Å²) >= 11 is 1.58. The van der Waals surface area contributed by atoms with Gasteiger partial charge in [-0.05, 0) is 11.4 Å². The molecule has 6 nitrogen and oxygen atoms in total. The fourth-order valence-electron chi connectivity index (χ4n) is 1.54. The smallest absolute Gasteiger partial charge is 0.318 e. The summed E-state index contributed by atoms with van der Waals surface area (Å²) in [6, 6.07) is 3.08. The van der Waals surface area contributed by atoms with Crippen molar-refractivity contribution in [3.63, 3.8) is 0 Å². The highest BCUT2D eigenvalue weighted by Crippen LogP contribution is 2.22. The Morgan fingerprint density at radius 2 is 2.33 bits per heavy atom. The number of nitrogens with zero attached hydrogens (tertiary/aromatic N) is 2. The third-order valence-electron chi connectivity index (χ3n) is 2.30. The number of thiophene rings is 1. The Labute approximate surface area is 107 Å². The highest BCUT2D eigenvalue weighted by atomic mass is 32.1. The summed E-state index contributed by atoms with van der Waals surface area (Å²) in [7, 11) is 0. The van der Waals surface area contributed by atoms with Gasteiger partial charge in [0.15, 0.2) is 0 Å². The van der Waals surface area contributed by atoms with Crippen molar-refractivity contribution in [1.82, 2.24) is 14.9 Å². The van der Waals surface area contributed by atoms with E-state index in [4.69, 9.17) is 5.73 Å². The van der Waals surface area contributed by atoms with Crippen LogP contribution in [0.3, 0.4) is 0 Å². The van der Waals surface area contributed by atoms with E-state index >= 15 is 0 Å². The van der Waals surface area contributed by atoms with Gasteiger partial charge < -0.3 is 10.3 Å². The van der Waals surface area contributed by atoms with Crippen LogP contribution in [0.1, 0.15) is 6.42 Å². The van der Waals surface area contributed by atoms with Gasteiger partial charge >= 0.3 is 6.03 Å². The molecule has 0 fully saturated rings. The van der Waals surface area contributed by atoms with Gasteiger partial charge in [0, 0.05) is 25.4 Å². The number of hydrogen-bond donors (Lipinski definition) is 2. The number of primary amides is 1. The van der Waals surface area contributed by atoms with Crippen LogP contribution in [0, 0.1) is 0 Å². The molecule has 0 spiro atoms. The largest absolute Gasteiger partial charge is 0.351 e. The van der Waals surface area contributed by atoms with Crippen LogP contribution in [-0.2, 0) is 11.3 Å². The highest BCUT2D eigenvalue weighted by Gasteiger charge is 2.09. The summed E-state index contributed by atoms with van der Waals surface area (Å²) in [5, 5.41) is 3.99. The lowest BCUT2D eigenvalue weighted by molar-refractivity contribution is -0.120. The molecule has 0 aliphatic heterocycles. The average molecular weight is 264 g/mol. The first-order chi connectivity index (χ1) is 8.66. The number of carbonyl (C=O) groups excluding carboxylic acids is 2. The minimum absolute atomic E-state index is 0.178. The number of rotatable bonds is 4. The van der Waals surface area contributed by atoms with Crippen molar-refractivity contribution < 1.29 is 9.59 Å². The first-order valence-electron chi connectivity index (χ1n) is 5.31. The molecule has 2 heterocycles. The first-order valence-corrected chi connectivity index (χ1v) is 6.19. The van der Waals surface area contributed by atoms with Crippen LogP contribution in [-0.4, -0.2) is 21.5 Å². The fraction of sp³-hybridized carbons (Fsp3) is 0.182. The van der Waals surface area contributed by atoms with Crippen LogP contribution < -0.4 is 11.1 Å². The molecule has 0 aromatic carbocycles. The zero-order valence-electron chi connectivity index (χ0n) is 9.50. The first kappa shape index (κ1) is 12.3. The van der Waals surface area contributed by atoms with Gasteiger partial charge in [-0.2, -0.15) is 0 Å². The molecule has 0 bridgehead atoms. The van der Waals surface area contributed by atoms with Gasteiger partial charge in [0.25, 0.3) is 0 Å². The molecule has 3 amide bonds. The quantitative estimate of drug-likeness (QED) is 0.869. The van der Waals surface area contributed by atoms with Gasteiger partial charge in [-0.25, -0.2) is 9.78 Å². The molecule has 18 heavy (non-hydrogen) atoms. The maximum absolute atomic E-state index is 11.3. The van der Waals surface area contributed by atoms with E-state index in [-0.39, 0.29) is 6.42 Å². The Hall–Kier alpha value is -2.15. The third kappa shape index (κ3) is 2.95. The Morgan fingerprint density at radius 1 is 1.50 bits per heavy atom. The minimum Gasteiger partial charge on any atom is -0.351 e. The van der Waals surface area contributed by atoms with E-state index in [0.29, 0.717) is 6.54 Å². The Bertz CT molecular complexity index is 547. The number of carbonyl (C=O) groups is 2. The topological polar surface area (TPSA) is 90.0 Å². The number of aromatic nitrogens is 2. The molecular weight excluding hydrogens is 252 g/mol. The normalized spacial score (nSPS) is 10.2. The van der Waals surface area contributed by atoms with Gasteiger partial charge in [0.2, 0.25) is 5.91 Å². The van der Waals surface area contributed by atoms with E-state index in [1.807, 2.05) is 27.4 Å². The van der Waals surface area contributed by atoms with Crippen molar-refractivity contribution in [2.24, 2.45) is 5.73 Å². The number of amides is 3. The Balaban J connectivity index is 2.01. The summed E-state index contributed by atoms with van der Waals surface area (Å²) in [4.78, 5) is 27.1. The number of nitrogens with one attached hydrogen (secondary N) is 1. The molecule has 3 N–H and O–H groups in total. The van der Waals surface area contributed by atoms with E-state index in [9.17, 15) is 9.59 Å². The second kappa shape index (κ2) is 5.46. The summed E-state index contributed by atoms with van der Waals surface area (Å²) < 4.78 is 1.87. The number of urea groups is 1. The standard InChI is InChI=1S/C11H12N4O2S/c12-11(17)14-9(16)3-5-15-6-4-13-10(15)8-2-1-7-18-8/h1-2,4,6-7H,3,5H2,(H3,12,14,16,17). The SMILES string of the molecule is NC(=O)NC(=O)CCn1ccnc1-c1cccs1. The van der Waals surface area contributed by atoms with Crippen LogP contribution in [0.25, 0.3) is 10.7 Å². The van der Waals surface area contributed by atoms with Crippen LogP contribution in [0.15, 0.2) is 29.9 Å². The van der Waals surface area contributed by atoms with E-state index in [2.05, 4.69) is 4.98 Å². The molecule has 0 aliphatic carbocycles. The molecular formula is C11H12N4O2S. The Kier molecular flexibility index (Phi) is 3.73. The number of hydrogen-bond acceptors (Lipinski definition) is 4. The second-order valence-electron chi connectivity index (χ2n) is 3.58. The van der Waals surface area contributed by atoms with Crippen LogP contribution in [0.5, 0.6) is 0 Å². The molecule has 94 valence electrons. The zero-order chi connectivity index (χ0) is 13.0. The van der Waals surface area contributed by atoms with Crippen molar-refractivity contribution in [3.05, 3.63) is 29.9 Å². The highest BCUT2D eigenvalue weighted by molar-refractivity contribution is 7.13. The average Bonchev–Trinajstić information content (AvgIpc) is 2.96. The van der Waals surface area contributed by atoms with Gasteiger partial charge in [-0.3, -0.25) is 10.1 Å². The van der Waals surface area contributed by atoms with Crippen molar-refractivity contribution in [2.45, 2.75) is 13.0 Å². The lowest BCUT2D eigenvalue weighted by atomic mass is 10.3. The molecule has 0 radical (unpaired) electrons. The summed E-state index contributed by atoms with van der Waals surface area (Å²) in [5.41, 5.74) is 4.86. The van der Waals surface area contributed by atoms with Crippen molar-refractivity contribution in [2.75, 3.05) is 0 Å². The van der Waals surface area contributed by atoms with Gasteiger partial charge in [-0.15, -0.1) is 11.3 Å². The van der Waals surface area contributed by atoms with E-state index < -0.39 is 11.9 Å².